The van der Waals surface area contributed by atoms with Crippen LogP contribution in [0.3, 0.4) is 0 Å². The summed E-state index contributed by atoms with van der Waals surface area (Å²) in [6.07, 6.45) is 18.5. The Kier molecular flexibility index (Phi) is 12.5. The SMILES string of the molecule is C=C(c1ccccc1C)c1cccc(C)c1C.C=c1c2c(c(=C)c3ccccc13)C(C)=CCC2.C=c1c2c(c3cc(C)c4c5c(C)cc6c7c(ccc(c8ccc1c3c84)c75)C(C)C1=C6C=CCC1)C=CCC2.CC. The first-order valence-electron chi connectivity index (χ1n) is 27.3. The molecule has 0 N–H and O–H groups in total. The molecule has 0 heteroatoms. The number of fused-ring (bicyclic) bond motifs is 7. The van der Waals surface area contributed by atoms with Gasteiger partial charge in [0.2, 0.25) is 0 Å². The van der Waals surface area contributed by atoms with Crippen LogP contribution in [0, 0.1) is 34.6 Å². The molecule has 0 saturated heterocycles. The minimum Gasteiger partial charge on any atom is -0.0908 e. The normalized spacial score (nSPS) is 15.3. The van der Waals surface area contributed by atoms with Crippen molar-refractivity contribution < 1.29 is 0 Å². The first-order valence-corrected chi connectivity index (χ1v) is 27.3. The number of allylic oxidation sites excluding steroid dienone is 7. The molecule has 0 aliphatic heterocycles. The van der Waals surface area contributed by atoms with E-state index in [1.165, 1.54) is 165 Å². The molecule has 4 aliphatic carbocycles. The Morgan fingerprint density at radius 2 is 1.08 bits per heavy atom. The molecule has 0 saturated carbocycles. The zero-order valence-electron chi connectivity index (χ0n) is 45.4. The van der Waals surface area contributed by atoms with Gasteiger partial charge in [-0.15, -0.1) is 0 Å². The second kappa shape index (κ2) is 19.1. The zero-order valence-corrected chi connectivity index (χ0v) is 45.4. The molecule has 0 fully saturated rings. The van der Waals surface area contributed by atoms with E-state index < -0.39 is 0 Å². The van der Waals surface area contributed by atoms with Crippen LogP contribution in [0.1, 0.15) is 132 Å². The highest BCUT2D eigenvalue weighted by Gasteiger charge is 2.30. The Bertz CT molecular complexity index is 4290. The van der Waals surface area contributed by atoms with Gasteiger partial charge in [0.15, 0.2) is 0 Å². The topological polar surface area (TPSA) is 0 Å². The molecule has 1 atom stereocenters. The van der Waals surface area contributed by atoms with E-state index >= 15 is 0 Å². The summed E-state index contributed by atoms with van der Waals surface area (Å²) >= 11 is 0. The van der Waals surface area contributed by atoms with Crippen LogP contribution in [0.5, 0.6) is 0 Å². The van der Waals surface area contributed by atoms with Gasteiger partial charge in [0.05, 0.1) is 0 Å². The maximum absolute atomic E-state index is 4.63. The molecule has 4 aliphatic rings. The summed E-state index contributed by atoms with van der Waals surface area (Å²) in [5, 5.41) is 20.3. The molecule has 0 nitrogen and oxygen atoms in total. The number of hydrogen-bond donors (Lipinski definition) is 0. The molecular weight excluding hydrogens is 889 g/mol. The summed E-state index contributed by atoms with van der Waals surface area (Å²) in [6.45, 7) is 37.2. The van der Waals surface area contributed by atoms with Crippen molar-refractivity contribution in [2.75, 3.05) is 0 Å². The third-order valence-electron chi connectivity index (χ3n) is 17.4. The van der Waals surface area contributed by atoms with Gasteiger partial charge in [0.1, 0.15) is 0 Å². The van der Waals surface area contributed by atoms with Crippen molar-refractivity contribution >= 4 is 107 Å². The Balaban J connectivity index is 0.000000136. The zero-order chi connectivity index (χ0) is 51.9. The highest BCUT2D eigenvalue weighted by molar-refractivity contribution is 6.39. The molecule has 0 aromatic heterocycles. The fourth-order valence-electron chi connectivity index (χ4n) is 13.6. The van der Waals surface area contributed by atoms with Crippen molar-refractivity contribution in [1.82, 2.24) is 0 Å². The third-order valence-corrected chi connectivity index (χ3v) is 17.4. The van der Waals surface area contributed by atoms with Crippen molar-refractivity contribution in [3.63, 3.8) is 0 Å². The number of rotatable bonds is 2. The van der Waals surface area contributed by atoms with Crippen molar-refractivity contribution in [3.05, 3.63) is 228 Å². The number of benzene rings is 10. The van der Waals surface area contributed by atoms with E-state index in [0.717, 1.165) is 42.9 Å². The van der Waals surface area contributed by atoms with Crippen molar-refractivity contribution in [3.8, 4) is 0 Å². The van der Waals surface area contributed by atoms with E-state index in [1.54, 1.807) is 5.57 Å². The Morgan fingerprint density at radius 1 is 0.486 bits per heavy atom. The van der Waals surface area contributed by atoms with E-state index in [0.29, 0.717) is 5.92 Å². The lowest BCUT2D eigenvalue weighted by Gasteiger charge is -2.32. The molecule has 0 amide bonds. The lowest BCUT2D eigenvalue weighted by Crippen LogP contribution is -2.23. The molecule has 0 heterocycles. The van der Waals surface area contributed by atoms with Gasteiger partial charge in [-0.05, 0) is 249 Å². The standard InChI is InChI=1S/C38H30.C17H16.C17H18.C2H6/c1-19-17-31-27-11-7-5-9-23(27)21(3)25-13-15-29-30-16-14-26-22(4)24-10-6-8-12-28(24)32-18-20(2)34(38(30)36(26)32)33(19)37(29)35(25)31;1-11-7-6-10-16-12(2)14-8-4-5-9-15(14)13(3)17(11)16;1-12-9-7-11-17(14(12)3)15(4)16-10-6-5-8-13(16)2;1-2/h7-8,11-18,22H,3,5-6,9-10H2,1-2,4H3;4-5,7-9H,2-3,6,10H2,1H3;5-11H,4H2,1-3H3;1-2H3. The van der Waals surface area contributed by atoms with Gasteiger partial charge in [-0.1, -0.05) is 186 Å². The Labute approximate surface area is 439 Å². The molecule has 10 aromatic rings. The summed E-state index contributed by atoms with van der Waals surface area (Å²) in [6, 6.07) is 37.9. The summed E-state index contributed by atoms with van der Waals surface area (Å²) < 4.78 is 0. The first-order chi connectivity index (χ1) is 35.8. The second-order valence-corrected chi connectivity index (χ2v) is 21.3. The lowest BCUT2D eigenvalue weighted by molar-refractivity contribution is 0.804. The van der Waals surface area contributed by atoms with Crippen molar-refractivity contribution in [2.45, 2.75) is 107 Å². The van der Waals surface area contributed by atoms with Crippen molar-refractivity contribution in [1.29, 1.82) is 0 Å². The molecular formula is C74H70. The highest BCUT2D eigenvalue weighted by Crippen LogP contribution is 2.53. The molecule has 1 unspecified atom stereocenters. The molecule has 0 bridgehead atoms. The van der Waals surface area contributed by atoms with E-state index in [-0.39, 0.29) is 0 Å². The van der Waals surface area contributed by atoms with E-state index in [4.69, 9.17) is 0 Å². The van der Waals surface area contributed by atoms with Crippen LogP contribution in [-0.2, 0) is 12.8 Å². The van der Waals surface area contributed by atoms with E-state index in [1.807, 2.05) is 13.8 Å². The lowest BCUT2D eigenvalue weighted by atomic mass is 9.72. The Hall–Kier alpha value is -7.54. The van der Waals surface area contributed by atoms with Gasteiger partial charge < -0.3 is 0 Å². The smallest absolute Gasteiger partial charge is 0.00355 e. The van der Waals surface area contributed by atoms with Gasteiger partial charge in [-0.2, -0.15) is 0 Å². The quantitative estimate of drug-likeness (QED) is 0.120. The second-order valence-electron chi connectivity index (χ2n) is 21.3. The van der Waals surface area contributed by atoms with Crippen LogP contribution in [0.25, 0.3) is 107 Å². The van der Waals surface area contributed by atoms with Gasteiger partial charge in [-0.25, -0.2) is 0 Å². The van der Waals surface area contributed by atoms with E-state index in [2.05, 4.69) is 208 Å². The van der Waals surface area contributed by atoms with Gasteiger partial charge in [-0.3, -0.25) is 0 Å². The van der Waals surface area contributed by atoms with E-state index in [9.17, 15) is 0 Å². The van der Waals surface area contributed by atoms with Gasteiger partial charge in [0.25, 0.3) is 0 Å². The van der Waals surface area contributed by atoms with Crippen LogP contribution >= 0.6 is 0 Å². The summed E-state index contributed by atoms with van der Waals surface area (Å²) in [7, 11) is 0. The third kappa shape index (κ3) is 7.47. The number of hydrogen-bond acceptors (Lipinski definition) is 0. The number of aryl methyl sites for hydroxylation is 4. The fraction of sp³-hybridized carbons (Fsp3) is 0.216. The van der Waals surface area contributed by atoms with Crippen LogP contribution < -0.4 is 15.7 Å². The summed E-state index contributed by atoms with van der Waals surface area (Å²) in [5.41, 5.74) is 23.3. The summed E-state index contributed by atoms with van der Waals surface area (Å²) in [4.78, 5) is 0. The molecule has 0 radical (unpaired) electrons. The van der Waals surface area contributed by atoms with Crippen LogP contribution in [0.2, 0.25) is 0 Å². The average molecular weight is 959 g/mol. The minimum absolute atomic E-state index is 0.469. The molecule has 10 aromatic carbocycles. The Morgan fingerprint density at radius 3 is 1.84 bits per heavy atom. The highest BCUT2D eigenvalue weighted by atomic mass is 14.3. The molecule has 14 rings (SSSR count). The van der Waals surface area contributed by atoms with Crippen LogP contribution in [-0.4, -0.2) is 0 Å². The molecule has 366 valence electrons. The van der Waals surface area contributed by atoms with Crippen LogP contribution in [0.15, 0.2) is 140 Å². The van der Waals surface area contributed by atoms with Gasteiger partial charge >= 0.3 is 0 Å². The predicted molar refractivity (Wildman–Crippen MR) is 329 cm³/mol. The monoisotopic (exact) mass is 959 g/mol. The fourth-order valence-corrected chi connectivity index (χ4v) is 13.6. The maximum atomic E-state index is 4.63. The maximum Gasteiger partial charge on any atom is 0.00355 e. The minimum atomic E-state index is 0.469. The largest absolute Gasteiger partial charge is 0.0908 e. The molecule has 0 spiro atoms. The average Bonchev–Trinajstić information content (AvgIpc) is 3.43. The first kappa shape index (κ1) is 48.7. The summed E-state index contributed by atoms with van der Waals surface area (Å²) in [5.74, 6) is 0.469. The van der Waals surface area contributed by atoms with Crippen LogP contribution in [0.4, 0.5) is 0 Å². The van der Waals surface area contributed by atoms with Crippen molar-refractivity contribution in [2.24, 2.45) is 0 Å². The van der Waals surface area contributed by atoms with Gasteiger partial charge in [0, 0.05) is 5.92 Å². The molecule has 74 heavy (non-hydrogen) atoms. The predicted octanol–water partition coefficient (Wildman–Crippen LogP) is 18.5.